The summed E-state index contributed by atoms with van der Waals surface area (Å²) in [5.41, 5.74) is 5.78. The van der Waals surface area contributed by atoms with Crippen LogP contribution in [0.5, 0.6) is 0 Å². The fourth-order valence-electron chi connectivity index (χ4n) is 3.03. The molecule has 108 valence electrons. The molecule has 2 nitrogen and oxygen atoms in total. The van der Waals surface area contributed by atoms with Gasteiger partial charge >= 0.3 is 0 Å². The third kappa shape index (κ3) is 2.85. The fourth-order valence-corrected chi connectivity index (χ4v) is 3.03. The standard InChI is InChI=1S/C19H21NO/c1-13-10-11-16(12-14(13)2)19(21)20-18-9-5-7-15-6-3-4-8-17(15)18/h3-4,6,8,10-12,18H,5,7,9H2,1-2H3,(H,20,21)/t18-/m1/s1. The van der Waals surface area contributed by atoms with E-state index in [0.29, 0.717) is 0 Å². The predicted octanol–water partition coefficient (Wildman–Crippen LogP) is 4.11. The highest BCUT2D eigenvalue weighted by Gasteiger charge is 2.21. The largest absolute Gasteiger partial charge is 0.345 e. The van der Waals surface area contributed by atoms with Crippen LogP contribution in [-0.4, -0.2) is 5.91 Å². The highest BCUT2D eigenvalue weighted by Crippen LogP contribution is 2.29. The average Bonchev–Trinajstić information content (AvgIpc) is 2.50. The maximum absolute atomic E-state index is 12.5. The van der Waals surface area contributed by atoms with E-state index in [1.54, 1.807) is 0 Å². The Labute approximate surface area is 126 Å². The zero-order valence-corrected chi connectivity index (χ0v) is 12.6. The molecular formula is C19H21NO. The van der Waals surface area contributed by atoms with E-state index in [1.165, 1.54) is 16.7 Å². The Morgan fingerprint density at radius 1 is 1.10 bits per heavy atom. The van der Waals surface area contributed by atoms with Crippen LogP contribution in [0.3, 0.4) is 0 Å². The van der Waals surface area contributed by atoms with Crippen LogP contribution in [-0.2, 0) is 6.42 Å². The Hall–Kier alpha value is -2.09. The van der Waals surface area contributed by atoms with Crippen LogP contribution in [0.1, 0.15) is 51.5 Å². The zero-order valence-electron chi connectivity index (χ0n) is 12.6. The van der Waals surface area contributed by atoms with Gasteiger partial charge < -0.3 is 5.32 Å². The first-order valence-corrected chi connectivity index (χ1v) is 7.61. The van der Waals surface area contributed by atoms with Crippen molar-refractivity contribution in [1.82, 2.24) is 5.32 Å². The van der Waals surface area contributed by atoms with Crippen LogP contribution in [0.4, 0.5) is 0 Å². The van der Waals surface area contributed by atoms with Crippen LogP contribution < -0.4 is 5.32 Å². The van der Waals surface area contributed by atoms with Gasteiger partial charge in [0.2, 0.25) is 0 Å². The summed E-state index contributed by atoms with van der Waals surface area (Å²) >= 11 is 0. The van der Waals surface area contributed by atoms with Gasteiger partial charge in [0, 0.05) is 5.56 Å². The highest BCUT2D eigenvalue weighted by atomic mass is 16.1. The number of hydrogen-bond acceptors (Lipinski definition) is 1. The Morgan fingerprint density at radius 2 is 1.90 bits per heavy atom. The lowest BCUT2D eigenvalue weighted by Crippen LogP contribution is -2.31. The number of fused-ring (bicyclic) bond motifs is 1. The normalized spacial score (nSPS) is 17.1. The smallest absolute Gasteiger partial charge is 0.251 e. The van der Waals surface area contributed by atoms with Gasteiger partial charge in [0.15, 0.2) is 0 Å². The quantitative estimate of drug-likeness (QED) is 0.880. The van der Waals surface area contributed by atoms with Crippen LogP contribution in [0.15, 0.2) is 42.5 Å². The molecule has 0 bridgehead atoms. The predicted molar refractivity (Wildman–Crippen MR) is 85.5 cm³/mol. The van der Waals surface area contributed by atoms with Gasteiger partial charge in [0.05, 0.1) is 6.04 Å². The van der Waals surface area contributed by atoms with E-state index in [2.05, 4.69) is 36.5 Å². The van der Waals surface area contributed by atoms with Crippen LogP contribution in [0.25, 0.3) is 0 Å². The van der Waals surface area contributed by atoms with Gasteiger partial charge in [-0.3, -0.25) is 4.79 Å². The van der Waals surface area contributed by atoms with Crippen molar-refractivity contribution in [3.8, 4) is 0 Å². The van der Waals surface area contributed by atoms with Gasteiger partial charge in [-0.2, -0.15) is 0 Å². The average molecular weight is 279 g/mol. The fraction of sp³-hybridized carbons (Fsp3) is 0.316. The minimum absolute atomic E-state index is 0.0276. The molecule has 2 aromatic rings. The zero-order chi connectivity index (χ0) is 14.8. The molecule has 21 heavy (non-hydrogen) atoms. The van der Waals surface area contributed by atoms with E-state index in [4.69, 9.17) is 0 Å². The summed E-state index contributed by atoms with van der Waals surface area (Å²) in [5.74, 6) is 0.0276. The van der Waals surface area contributed by atoms with E-state index in [9.17, 15) is 4.79 Å². The number of hydrogen-bond donors (Lipinski definition) is 1. The lowest BCUT2D eigenvalue weighted by atomic mass is 9.87. The number of benzene rings is 2. The van der Waals surface area contributed by atoms with Gasteiger partial charge in [0.25, 0.3) is 5.91 Å². The molecule has 0 heterocycles. The van der Waals surface area contributed by atoms with E-state index in [0.717, 1.165) is 30.4 Å². The minimum Gasteiger partial charge on any atom is -0.345 e. The monoisotopic (exact) mass is 279 g/mol. The number of rotatable bonds is 2. The van der Waals surface area contributed by atoms with Gasteiger partial charge in [-0.05, 0) is 67.5 Å². The molecule has 1 N–H and O–H groups in total. The first kappa shape index (κ1) is 13.9. The number of aryl methyl sites for hydroxylation is 3. The summed E-state index contributed by atoms with van der Waals surface area (Å²) < 4.78 is 0. The van der Waals surface area contributed by atoms with Crippen molar-refractivity contribution in [1.29, 1.82) is 0 Å². The molecule has 0 unspecified atom stereocenters. The van der Waals surface area contributed by atoms with Gasteiger partial charge in [-0.25, -0.2) is 0 Å². The van der Waals surface area contributed by atoms with Crippen LogP contribution >= 0.6 is 0 Å². The Bertz CT molecular complexity index is 675. The third-order valence-corrected chi connectivity index (χ3v) is 4.44. The number of nitrogens with one attached hydrogen (secondary N) is 1. The van der Waals surface area contributed by atoms with E-state index in [-0.39, 0.29) is 11.9 Å². The lowest BCUT2D eigenvalue weighted by molar-refractivity contribution is 0.0932. The number of carbonyl (C=O) groups is 1. The SMILES string of the molecule is Cc1ccc(C(=O)N[C@@H]2CCCc3ccccc32)cc1C. The third-order valence-electron chi connectivity index (χ3n) is 4.44. The molecule has 0 saturated carbocycles. The molecule has 0 radical (unpaired) electrons. The Balaban J connectivity index is 1.81. The molecule has 3 rings (SSSR count). The van der Waals surface area contributed by atoms with Crippen molar-refractivity contribution >= 4 is 5.91 Å². The first-order chi connectivity index (χ1) is 10.1. The van der Waals surface area contributed by atoms with Crippen molar-refractivity contribution in [2.75, 3.05) is 0 Å². The molecule has 1 amide bonds. The van der Waals surface area contributed by atoms with Crippen molar-refractivity contribution in [2.45, 2.75) is 39.2 Å². The molecule has 1 atom stereocenters. The summed E-state index contributed by atoms with van der Waals surface area (Å²) in [4.78, 5) is 12.5. The Morgan fingerprint density at radius 3 is 2.71 bits per heavy atom. The van der Waals surface area contributed by atoms with Crippen molar-refractivity contribution in [2.24, 2.45) is 0 Å². The molecule has 1 aliphatic rings. The van der Waals surface area contributed by atoms with Gasteiger partial charge in [-0.1, -0.05) is 30.3 Å². The summed E-state index contributed by atoms with van der Waals surface area (Å²) in [6.45, 7) is 4.11. The van der Waals surface area contributed by atoms with Crippen molar-refractivity contribution < 1.29 is 4.79 Å². The molecule has 1 aliphatic carbocycles. The van der Waals surface area contributed by atoms with Crippen molar-refractivity contribution in [3.05, 3.63) is 70.3 Å². The first-order valence-electron chi connectivity index (χ1n) is 7.61. The van der Waals surface area contributed by atoms with E-state index < -0.39 is 0 Å². The molecule has 0 fully saturated rings. The molecule has 0 aliphatic heterocycles. The maximum Gasteiger partial charge on any atom is 0.251 e. The van der Waals surface area contributed by atoms with Gasteiger partial charge in [-0.15, -0.1) is 0 Å². The second kappa shape index (κ2) is 5.72. The highest BCUT2D eigenvalue weighted by molar-refractivity contribution is 5.94. The van der Waals surface area contributed by atoms with Gasteiger partial charge in [0.1, 0.15) is 0 Å². The minimum atomic E-state index is 0.0276. The maximum atomic E-state index is 12.5. The summed E-state index contributed by atoms with van der Waals surface area (Å²) in [7, 11) is 0. The van der Waals surface area contributed by atoms with Crippen LogP contribution in [0.2, 0.25) is 0 Å². The number of amides is 1. The second-order valence-corrected chi connectivity index (χ2v) is 5.92. The second-order valence-electron chi connectivity index (χ2n) is 5.92. The molecule has 2 aromatic carbocycles. The van der Waals surface area contributed by atoms with E-state index >= 15 is 0 Å². The molecule has 0 spiro atoms. The molecule has 0 aromatic heterocycles. The Kier molecular flexibility index (Phi) is 3.78. The summed E-state index contributed by atoms with van der Waals surface area (Å²) in [5, 5.41) is 3.20. The topological polar surface area (TPSA) is 29.1 Å². The molecular weight excluding hydrogens is 258 g/mol. The summed E-state index contributed by atoms with van der Waals surface area (Å²) in [6, 6.07) is 14.5. The molecule has 2 heteroatoms. The van der Waals surface area contributed by atoms with Crippen LogP contribution in [0, 0.1) is 13.8 Å². The lowest BCUT2D eigenvalue weighted by Gasteiger charge is -2.26. The number of carbonyl (C=O) groups excluding carboxylic acids is 1. The summed E-state index contributed by atoms with van der Waals surface area (Å²) in [6.07, 6.45) is 3.27. The molecule has 0 saturated heterocycles. The van der Waals surface area contributed by atoms with E-state index in [1.807, 2.05) is 25.1 Å². The van der Waals surface area contributed by atoms with Crippen molar-refractivity contribution in [3.63, 3.8) is 0 Å².